The van der Waals surface area contributed by atoms with Gasteiger partial charge in [0, 0.05) is 19.2 Å². The molecule has 0 aliphatic carbocycles. The molecule has 1 saturated heterocycles. The van der Waals surface area contributed by atoms with Gasteiger partial charge in [-0.3, -0.25) is 4.79 Å². The SMILES string of the molecule is COCc1ccc(C(=O)N2CCCC2c2ccc(OC)c(OC)c2)cc1. The van der Waals surface area contributed by atoms with Crippen molar-refractivity contribution in [3.63, 3.8) is 0 Å². The van der Waals surface area contributed by atoms with Gasteiger partial charge in [0.05, 0.1) is 26.9 Å². The van der Waals surface area contributed by atoms with Gasteiger partial charge < -0.3 is 19.1 Å². The monoisotopic (exact) mass is 355 g/mol. The van der Waals surface area contributed by atoms with Crippen LogP contribution in [0, 0.1) is 0 Å². The van der Waals surface area contributed by atoms with Crippen LogP contribution in [0.25, 0.3) is 0 Å². The Labute approximate surface area is 154 Å². The van der Waals surface area contributed by atoms with Gasteiger partial charge in [-0.15, -0.1) is 0 Å². The Hall–Kier alpha value is -2.53. The molecule has 0 aromatic heterocycles. The molecule has 26 heavy (non-hydrogen) atoms. The number of amides is 1. The van der Waals surface area contributed by atoms with Crippen molar-refractivity contribution in [3.05, 3.63) is 59.2 Å². The predicted molar refractivity (Wildman–Crippen MR) is 99.7 cm³/mol. The maximum atomic E-state index is 13.0. The van der Waals surface area contributed by atoms with Gasteiger partial charge in [-0.05, 0) is 48.2 Å². The van der Waals surface area contributed by atoms with Gasteiger partial charge in [0.15, 0.2) is 11.5 Å². The van der Waals surface area contributed by atoms with E-state index in [1.165, 1.54) is 0 Å². The second-order valence-electron chi connectivity index (χ2n) is 6.40. The minimum absolute atomic E-state index is 0.0564. The summed E-state index contributed by atoms with van der Waals surface area (Å²) in [4.78, 5) is 15.0. The van der Waals surface area contributed by atoms with Crippen LogP contribution in [0.15, 0.2) is 42.5 Å². The van der Waals surface area contributed by atoms with E-state index in [4.69, 9.17) is 14.2 Å². The van der Waals surface area contributed by atoms with E-state index < -0.39 is 0 Å². The number of likely N-dealkylation sites (tertiary alicyclic amines) is 1. The van der Waals surface area contributed by atoms with Crippen LogP contribution in [0.2, 0.25) is 0 Å². The van der Waals surface area contributed by atoms with E-state index in [0.717, 1.165) is 30.5 Å². The number of benzene rings is 2. The quantitative estimate of drug-likeness (QED) is 0.790. The normalized spacial score (nSPS) is 16.6. The van der Waals surface area contributed by atoms with Crippen LogP contribution in [0.5, 0.6) is 11.5 Å². The van der Waals surface area contributed by atoms with E-state index >= 15 is 0 Å². The molecule has 1 heterocycles. The zero-order valence-electron chi connectivity index (χ0n) is 15.5. The van der Waals surface area contributed by atoms with Gasteiger partial charge in [0.1, 0.15) is 0 Å². The zero-order chi connectivity index (χ0) is 18.5. The van der Waals surface area contributed by atoms with Crippen LogP contribution in [-0.2, 0) is 11.3 Å². The van der Waals surface area contributed by atoms with Gasteiger partial charge in [-0.25, -0.2) is 0 Å². The van der Waals surface area contributed by atoms with E-state index in [1.54, 1.807) is 21.3 Å². The summed E-state index contributed by atoms with van der Waals surface area (Å²) in [5.41, 5.74) is 2.84. The van der Waals surface area contributed by atoms with Crippen molar-refractivity contribution >= 4 is 5.91 Å². The van der Waals surface area contributed by atoms with E-state index in [0.29, 0.717) is 23.7 Å². The summed E-state index contributed by atoms with van der Waals surface area (Å²) in [7, 11) is 4.91. The van der Waals surface area contributed by atoms with Crippen LogP contribution in [0.3, 0.4) is 0 Å². The fourth-order valence-corrected chi connectivity index (χ4v) is 3.49. The Morgan fingerprint density at radius 1 is 1.04 bits per heavy atom. The zero-order valence-corrected chi connectivity index (χ0v) is 15.5. The molecule has 0 N–H and O–H groups in total. The highest BCUT2D eigenvalue weighted by molar-refractivity contribution is 5.94. The number of hydrogen-bond donors (Lipinski definition) is 0. The predicted octanol–water partition coefficient (Wildman–Crippen LogP) is 3.83. The topological polar surface area (TPSA) is 48.0 Å². The highest BCUT2D eigenvalue weighted by Crippen LogP contribution is 2.37. The molecule has 1 fully saturated rings. The average Bonchev–Trinajstić information content (AvgIpc) is 3.17. The van der Waals surface area contributed by atoms with Crippen molar-refractivity contribution in [2.24, 2.45) is 0 Å². The molecule has 3 rings (SSSR count). The van der Waals surface area contributed by atoms with Crippen molar-refractivity contribution in [1.82, 2.24) is 4.90 Å². The van der Waals surface area contributed by atoms with Crippen LogP contribution in [-0.4, -0.2) is 38.7 Å². The number of carbonyl (C=O) groups excluding carboxylic acids is 1. The van der Waals surface area contributed by atoms with Gasteiger partial charge in [-0.2, -0.15) is 0 Å². The van der Waals surface area contributed by atoms with Crippen molar-refractivity contribution in [1.29, 1.82) is 0 Å². The molecule has 1 unspecified atom stereocenters. The summed E-state index contributed by atoms with van der Waals surface area (Å²) >= 11 is 0. The van der Waals surface area contributed by atoms with Crippen LogP contribution in [0.1, 0.15) is 40.4 Å². The highest BCUT2D eigenvalue weighted by atomic mass is 16.5. The molecular weight excluding hydrogens is 330 g/mol. The Balaban J connectivity index is 1.82. The van der Waals surface area contributed by atoms with Gasteiger partial charge in [0.25, 0.3) is 5.91 Å². The molecule has 1 amide bonds. The highest BCUT2D eigenvalue weighted by Gasteiger charge is 2.31. The van der Waals surface area contributed by atoms with E-state index in [-0.39, 0.29) is 11.9 Å². The fourth-order valence-electron chi connectivity index (χ4n) is 3.49. The van der Waals surface area contributed by atoms with E-state index in [2.05, 4.69) is 0 Å². The second kappa shape index (κ2) is 8.23. The molecule has 1 aliphatic rings. The standard InChI is InChI=1S/C21H25NO4/c1-24-14-15-6-8-16(9-7-15)21(23)22-12-4-5-18(22)17-10-11-19(25-2)20(13-17)26-3/h6-11,13,18H,4-5,12,14H2,1-3H3. The van der Waals surface area contributed by atoms with Crippen molar-refractivity contribution < 1.29 is 19.0 Å². The Bertz CT molecular complexity index is 757. The summed E-state index contributed by atoms with van der Waals surface area (Å²) in [5.74, 6) is 1.44. The Morgan fingerprint density at radius 3 is 2.42 bits per heavy atom. The number of carbonyl (C=O) groups is 1. The first-order chi connectivity index (χ1) is 12.7. The third-order valence-electron chi connectivity index (χ3n) is 4.82. The Kier molecular flexibility index (Phi) is 5.78. The summed E-state index contributed by atoms with van der Waals surface area (Å²) in [6.45, 7) is 1.31. The fraction of sp³-hybridized carbons (Fsp3) is 0.381. The van der Waals surface area contributed by atoms with Crippen LogP contribution in [0.4, 0.5) is 0 Å². The van der Waals surface area contributed by atoms with Crippen LogP contribution >= 0.6 is 0 Å². The third-order valence-corrected chi connectivity index (χ3v) is 4.82. The maximum Gasteiger partial charge on any atom is 0.254 e. The average molecular weight is 355 g/mol. The van der Waals surface area contributed by atoms with Gasteiger partial charge in [-0.1, -0.05) is 18.2 Å². The molecule has 138 valence electrons. The minimum Gasteiger partial charge on any atom is -0.493 e. The lowest BCUT2D eigenvalue weighted by molar-refractivity contribution is 0.0735. The number of ether oxygens (including phenoxy) is 3. The summed E-state index contributed by atoms with van der Waals surface area (Å²) in [5, 5.41) is 0. The second-order valence-corrected chi connectivity index (χ2v) is 6.40. The summed E-state index contributed by atoms with van der Waals surface area (Å²) in [6.07, 6.45) is 1.94. The summed E-state index contributed by atoms with van der Waals surface area (Å²) in [6, 6.07) is 13.6. The lowest BCUT2D eigenvalue weighted by atomic mass is 10.0. The lowest BCUT2D eigenvalue weighted by Gasteiger charge is -2.26. The van der Waals surface area contributed by atoms with Crippen molar-refractivity contribution in [3.8, 4) is 11.5 Å². The first-order valence-electron chi connectivity index (χ1n) is 8.78. The summed E-state index contributed by atoms with van der Waals surface area (Å²) < 4.78 is 15.9. The number of methoxy groups -OCH3 is 3. The maximum absolute atomic E-state index is 13.0. The molecule has 0 bridgehead atoms. The van der Waals surface area contributed by atoms with Gasteiger partial charge >= 0.3 is 0 Å². The molecule has 5 nitrogen and oxygen atoms in total. The number of nitrogens with zero attached hydrogens (tertiary/aromatic N) is 1. The smallest absolute Gasteiger partial charge is 0.254 e. The van der Waals surface area contributed by atoms with Gasteiger partial charge in [0.2, 0.25) is 0 Å². The first kappa shape index (κ1) is 18.3. The minimum atomic E-state index is 0.0564. The van der Waals surface area contributed by atoms with E-state index in [9.17, 15) is 4.79 Å². The molecule has 0 radical (unpaired) electrons. The molecule has 5 heteroatoms. The Morgan fingerprint density at radius 2 is 1.77 bits per heavy atom. The van der Waals surface area contributed by atoms with Crippen molar-refractivity contribution in [2.45, 2.75) is 25.5 Å². The molecule has 1 aliphatic heterocycles. The van der Waals surface area contributed by atoms with Crippen LogP contribution < -0.4 is 9.47 Å². The number of hydrogen-bond acceptors (Lipinski definition) is 4. The molecule has 1 atom stereocenters. The first-order valence-corrected chi connectivity index (χ1v) is 8.78. The molecule has 2 aromatic rings. The number of rotatable bonds is 6. The third kappa shape index (κ3) is 3.68. The molecule has 2 aromatic carbocycles. The molecule has 0 spiro atoms. The lowest BCUT2D eigenvalue weighted by Crippen LogP contribution is -2.30. The van der Waals surface area contributed by atoms with Crippen molar-refractivity contribution in [2.75, 3.05) is 27.9 Å². The molecule has 0 saturated carbocycles. The molecular formula is C21H25NO4. The van der Waals surface area contributed by atoms with E-state index in [1.807, 2.05) is 47.4 Å². The largest absolute Gasteiger partial charge is 0.493 e.